The average molecular weight is 244 g/mol. The summed E-state index contributed by atoms with van der Waals surface area (Å²) in [5, 5.41) is 2.35. The Morgan fingerprint density at radius 2 is 2.07 bits per heavy atom. The quantitative estimate of drug-likeness (QED) is 0.653. The Labute approximate surface area is 89.5 Å². The summed E-state index contributed by atoms with van der Waals surface area (Å²) >= 11 is 0. The van der Waals surface area contributed by atoms with E-state index in [4.69, 9.17) is 0 Å². The molecule has 2 atom stereocenters. The number of esters is 1. The number of carbonyl (C=O) groups is 1. The van der Waals surface area contributed by atoms with Gasteiger partial charge in [-0.05, 0) is 6.42 Å². The maximum Gasteiger partial charge on any atom is 0.322 e. The molecule has 0 aromatic heterocycles. The summed E-state index contributed by atoms with van der Waals surface area (Å²) in [5.74, 6) is -0.397. The SMILES string of the molecule is COC(=O)[C@@H]1C[C@@H](S(C)(=O)=O)CN1.Cl. The molecule has 1 aliphatic heterocycles. The smallest absolute Gasteiger partial charge is 0.322 e. The molecule has 1 N–H and O–H groups in total. The molecule has 1 fully saturated rings. The molecule has 1 saturated heterocycles. The predicted molar refractivity (Wildman–Crippen MR) is 54.3 cm³/mol. The van der Waals surface area contributed by atoms with Crippen molar-refractivity contribution in [2.75, 3.05) is 19.9 Å². The molecule has 0 unspecified atom stereocenters. The lowest BCUT2D eigenvalue weighted by Gasteiger charge is -2.06. The van der Waals surface area contributed by atoms with Crippen molar-refractivity contribution >= 4 is 28.2 Å². The van der Waals surface area contributed by atoms with Crippen LogP contribution in [0.5, 0.6) is 0 Å². The van der Waals surface area contributed by atoms with Gasteiger partial charge in [0.1, 0.15) is 6.04 Å². The van der Waals surface area contributed by atoms with Gasteiger partial charge in [-0.15, -0.1) is 12.4 Å². The monoisotopic (exact) mass is 243 g/mol. The van der Waals surface area contributed by atoms with E-state index in [0.29, 0.717) is 13.0 Å². The molecule has 84 valence electrons. The average Bonchev–Trinajstić information content (AvgIpc) is 2.50. The predicted octanol–water partition coefficient (Wildman–Crippen LogP) is -0.644. The first-order chi connectivity index (χ1) is 5.95. The van der Waals surface area contributed by atoms with Crippen molar-refractivity contribution in [3.8, 4) is 0 Å². The molecular weight excluding hydrogens is 230 g/mol. The molecule has 1 rings (SSSR count). The molecule has 0 spiro atoms. The summed E-state index contributed by atoms with van der Waals surface area (Å²) in [6, 6.07) is -0.468. The number of hydrogen-bond acceptors (Lipinski definition) is 5. The molecule has 0 radical (unpaired) electrons. The maximum absolute atomic E-state index is 11.1. The van der Waals surface area contributed by atoms with Gasteiger partial charge in [0.05, 0.1) is 12.4 Å². The van der Waals surface area contributed by atoms with Crippen LogP contribution in [-0.4, -0.2) is 45.6 Å². The minimum atomic E-state index is -3.05. The van der Waals surface area contributed by atoms with Crippen LogP contribution in [0, 0.1) is 0 Å². The summed E-state index contributed by atoms with van der Waals surface area (Å²) in [5.41, 5.74) is 0. The Kier molecular flexibility index (Phi) is 4.83. The fourth-order valence-electron chi connectivity index (χ4n) is 1.35. The molecule has 0 aliphatic carbocycles. The normalized spacial score (nSPS) is 26.7. The number of sulfone groups is 1. The van der Waals surface area contributed by atoms with E-state index < -0.39 is 27.1 Å². The zero-order valence-corrected chi connectivity index (χ0v) is 9.65. The first kappa shape index (κ1) is 13.7. The largest absolute Gasteiger partial charge is 0.468 e. The van der Waals surface area contributed by atoms with Crippen LogP contribution >= 0.6 is 12.4 Å². The molecule has 0 aromatic rings. The van der Waals surface area contributed by atoms with Crippen molar-refractivity contribution < 1.29 is 17.9 Å². The Hall–Kier alpha value is -0.330. The first-order valence-corrected chi connectivity index (χ1v) is 5.90. The van der Waals surface area contributed by atoms with E-state index in [0.717, 1.165) is 0 Å². The van der Waals surface area contributed by atoms with Gasteiger partial charge in [-0.1, -0.05) is 0 Å². The van der Waals surface area contributed by atoms with Gasteiger partial charge in [0.15, 0.2) is 9.84 Å². The number of hydrogen-bond donors (Lipinski definition) is 1. The first-order valence-electron chi connectivity index (χ1n) is 3.95. The number of rotatable bonds is 2. The van der Waals surface area contributed by atoms with Crippen molar-refractivity contribution in [2.45, 2.75) is 17.7 Å². The Bertz CT molecular complexity index is 303. The number of halogens is 1. The van der Waals surface area contributed by atoms with Crippen LogP contribution in [0.3, 0.4) is 0 Å². The molecule has 5 nitrogen and oxygen atoms in total. The van der Waals surface area contributed by atoms with Crippen LogP contribution in [0.15, 0.2) is 0 Å². The van der Waals surface area contributed by atoms with E-state index in [2.05, 4.69) is 10.1 Å². The Morgan fingerprint density at radius 3 is 2.43 bits per heavy atom. The van der Waals surface area contributed by atoms with Crippen LogP contribution < -0.4 is 5.32 Å². The highest BCUT2D eigenvalue weighted by molar-refractivity contribution is 7.91. The molecule has 14 heavy (non-hydrogen) atoms. The summed E-state index contributed by atoms with van der Waals surface area (Å²) in [6.07, 6.45) is 1.49. The molecule has 0 bridgehead atoms. The van der Waals surface area contributed by atoms with Crippen molar-refractivity contribution in [3.63, 3.8) is 0 Å². The second-order valence-electron chi connectivity index (χ2n) is 3.17. The van der Waals surface area contributed by atoms with Gasteiger partial charge in [-0.3, -0.25) is 4.79 Å². The van der Waals surface area contributed by atoms with E-state index in [1.807, 2.05) is 0 Å². The lowest BCUT2D eigenvalue weighted by atomic mass is 10.2. The minimum Gasteiger partial charge on any atom is -0.468 e. The number of nitrogens with one attached hydrogen (secondary N) is 1. The fourth-order valence-corrected chi connectivity index (χ4v) is 2.29. The van der Waals surface area contributed by atoms with Crippen LogP contribution in [0.4, 0.5) is 0 Å². The topological polar surface area (TPSA) is 72.5 Å². The molecule has 1 aliphatic rings. The van der Waals surface area contributed by atoms with Gasteiger partial charge in [0, 0.05) is 12.8 Å². The standard InChI is InChI=1S/C7H13NO4S.ClH/c1-12-7(9)6-3-5(4-8-6)13(2,10)11;/h5-6,8H,3-4H2,1-2H3;1H/t5-,6+;/m1./s1. The van der Waals surface area contributed by atoms with Crippen LogP contribution in [0.2, 0.25) is 0 Å². The molecule has 7 heteroatoms. The van der Waals surface area contributed by atoms with Crippen molar-refractivity contribution in [2.24, 2.45) is 0 Å². The third-order valence-corrected chi connectivity index (χ3v) is 3.75. The van der Waals surface area contributed by atoms with Gasteiger partial charge in [-0.2, -0.15) is 0 Å². The third kappa shape index (κ3) is 3.11. The van der Waals surface area contributed by atoms with Crippen molar-refractivity contribution in [1.29, 1.82) is 0 Å². The Morgan fingerprint density at radius 1 is 1.50 bits per heavy atom. The highest BCUT2D eigenvalue weighted by Gasteiger charge is 2.35. The summed E-state index contributed by atoms with van der Waals surface area (Å²) in [6.45, 7) is 0.332. The lowest BCUT2D eigenvalue weighted by molar-refractivity contribution is -0.142. The molecular formula is C7H14ClNO4S. The van der Waals surface area contributed by atoms with Gasteiger partial charge in [-0.25, -0.2) is 8.42 Å². The molecule has 1 heterocycles. The van der Waals surface area contributed by atoms with E-state index in [-0.39, 0.29) is 12.4 Å². The summed E-state index contributed by atoms with van der Waals surface area (Å²) in [4.78, 5) is 11.0. The van der Waals surface area contributed by atoms with E-state index in [1.54, 1.807) is 0 Å². The van der Waals surface area contributed by atoms with E-state index in [1.165, 1.54) is 13.4 Å². The maximum atomic E-state index is 11.1. The number of ether oxygens (including phenoxy) is 1. The molecule has 0 saturated carbocycles. The summed E-state index contributed by atoms with van der Waals surface area (Å²) in [7, 11) is -1.76. The van der Waals surface area contributed by atoms with Gasteiger partial charge in [0.25, 0.3) is 0 Å². The van der Waals surface area contributed by atoms with Crippen LogP contribution in [-0.2, 0) is 19.4 Å². The zero-order chi connectivity index (χ0) is 10.1. The number of methoxy groups -OCH3 is 1. The highest BCUT2D eigenvalue weighted by Crippen LogP contribution is 2.14. The molecule has 0 amide bonds. The van der Waals surface area contributed by atoms with E-state index >= 15 is 0 Å². The second-order valence-corrected chi connectivity index (χ2v) is 5.50. The van der Waals surface area contributed by atoms with Gasteiger partial charge in [0.2, 0.25) is 0 Å². The van der Waals surface area contributed by atoms with Gasteiger partial charge < -0.3 is 10.1 Å². The van der Waals surface area contributed by atoms with Crippen LogP contribution in [0.25, 0.3) is 0 Å². The highest BCUT2D eigenvalue weighted by atomic mass is 35.5. The number of carbonyl (C=O) groups excluding carboxylic acids is 1. The van der Waals surface area contributed by atoms with Crippen LogP contribution in [0.1, 0.15) is 6.42 Å². The third-order valence-electron chi connectivity index (χ3n) is 2.18. The summed E-state index contributed by atoms with van der Waals surface area (Å²) < 4.78 is 26.7. The minimum absolute atomic E-state index is 0. The molecule has 0 aromatic carbocycles. The second kappa shape index (κ2) is 4.95. The zero-order valence-electron chi connectivity index (χ0n) is 8.02. The van der Waals surface area contributed by atoms with Crippen molar-refractivity contribution in [3.05, 3.63) is 0 Å². The van der Waals surface area contributed by atoms with Gasteiger partial charge >= 0.3 is 5.97 Å². The Balaban J connectivity index is 0.00000169. The fraction of sp³-hybridized carbons (Fsp3) is 0.857. The lowest BCUT2D eigenvalue weighted by Crippen LogP contribution is -2.31. The van der Waals surface area contributed by atoms with Crippen molar-refractivity contribution in [1.82, 2.24) is 5.32 Å². The van der Waals surface area contributed by atoms with E-state index in [9.17, 15) is 13.2 Å².